The summed E-state index contributed by atoms with van der Waals surface area (Å²) in [6.07, 6.45) is 4.76. The Morgan fingerprint density at radius 3 is 2.71 bits per heavy atom. The first kappa shape index (κ1) is 16.8. The van der Waals surface area contributed by atoms with E-state index in [1.807, 2.05) is 0 Å². The maximum atomic E-state index is 13.1. The van der Waals surface area contributed by atoms with E-state index in [1.54, 1.807) is 0 Å². The van der Waals surface area contributed by atoms with E-state index in [4.69, 9.17) is 0 Å². The standard InChI is InChI=1S/C17H33N3O/c1-6-7-8-12(2)15-19-14-11-18-10-9-13(14)16(21)20(15)17(3,4)5/h12-15,18-19H,6-11H2,1-5H3. The molecule has 2 heterocycles. The van der Waals surface area contributed by atoms with Crippen LogP contribution in [0, 0.1) is 11.8 Å². The van der Waals surface area contributed by atoms with Crippen LogP contribution in [0.5, 0.6) is 0 Å². The molecule has 122 valence electrons. The summed E-state index contributed by atoms with van der Waals surface area (Å²) in [7, 11) is 0. The molecule has 2 saturated heterocycles. The molecule has 4 nitrogen and oxygen atoms in total. The van der Waals surface area contributed by atoms with E-state index in [9.17, 15) is 4.79 Å². The number of nitrogens with zero attached hydrogens (tertiary/aromatic N) is 1. The molecule has 0 aromatic carbocycles. The van der Waals surface area contributed by atoms with E-state index in [-0.39, 0.29) is 17.6 Å². The van der Waals surface area contributed by atoms with Gasteiger partial charge in [0, 0.05) is 18.1 Å². The highest BCUT2D eigenvalue weighted by atomic mass is 16.2. The van der Waals surface area contributed by atoms with E-state index >= 15 is 0 Å². The first-order valence-electron chi connectivity index (χ1n) is 8.66. The van der Waals surface area contributed by atoms with Crippen LogP contribution in [0.3, 0.4) is 0 Å². The number of carbonyl (C=O) groups is 1. The van der Waals surface area contributed by atoms with Crippen LogP contribution in [0.2, 0.25) is 0 Å². The van der Waals surface area contributed by atoms with Gasteiger partial charge in [-0.15, -0.1) is 0 Å². The van der Waals surface area contributed by atoms with Gasteiger partial charge < -0.3 is 10.2 Å². The van der Waals surface area contributed by atoms with E-state index in [1.165, 1.54) is 19.3 Å². The largest absolute Gasteiger partial charge is 0.322 e. The summed E-state index contributed by atoms with van der Waals surface area (Å²) in [5.74, 6) is 1.01. The lowest BCUT2D eigenvalue weighted by atomic mass is 9.83. The minimum atomic E-state index is -0.120. The summed E-state index contributed by atoms with van der Waals surface area (Å²) in [5, 5.41) is 7.22. The fourth-order valence-electron chi connectivity index (χ4n) is 3.79. The van der Waals surface area contributed by atoms with Crippen molar-refractivity contribution in [1.82, 2.24) is 15.5 Å². The molecule has 0 aliphatic carbocycles. The Kier molecular flexibility index (Phi) is 5.31. The molecular formula is C17H33N3O. The maximum absolute atomic E-state index is 13.1. The molecule has 0 saturated carbocycles. The van der Waals surface area contributed by atoms with Gasteiger partial charge in [0.1, 0.15) is 0 Å². The van der Waals surface area contributed by atoms with Gasteiger partial charge in [0.25, 0.3) is 0 Å². The fourth-order valence-corrected chi connectivity index (χ4v) is 3.79. The topological polar surface area (TPSA) is 44.4 Å². The molecule has 1 amide bonds. The van der Waals surface area contributed by atoms with Gasteiger partial charge in [-0.3, -0.25) is 10.1 Å². The van der Waals surface area contributed by atoms with Crippen molar-refractivity contribution in [3.63, 3.8) is 0 Å². The zero-order chi connectivity index (χ0) is 15.6. The molecule has 0 bridgehead atoms. The van der Waals surface area contributed by atoms with E-state index in [2.05, 4.69) is 50.2 Å². The van der Waals surface area contributed by atoms with Crippen LogP contribution in [-0.2, 0) is 4.79 Å². The lowest BCUT2D eigenvalue weighted by molar-refractivity contribution is -0.156. The minimum absolute atomic E-state index is 0.120. The highest BCUT2D eigenvalue weighted by molar-refractivity contribution is 5.81. The second kappa shape index (κ2) is 6.66. The summed E-state index contributed by atoms with van der Waals surface area (Å²) in [6, 6.07) is 0.305. The quantitative estimate of drug-likeness (QED) is 0.837. The maximum Gasteiger partial charge on any atom is 0.229 e. The molecule has 0 aromatic rings. The predicted octanol–water partition coefficient (Wildman–Crippen LogP) is 2.35. The second-order valence-corrected chi connectivity index (χ2v) is 7.82. The van der Waals surface area contributed by atoms with Gasteiger partial charge in [-0.2, -0.15) is 0 Å². The zero-order valence-electron chi connectivity index (χ0n) is 14.4. The Hall–Kier alpha value is -0.610. The Morgan fingerprint density at radius 1 is 1.38 bits per heavy atom. The van der Waals surface area contributed by atoms with Gasteiger partial charge in [0.05, 0.1) is 12.1 Å². The van der Waals surface area contributed by atoms with Crippen molar-refractivity contribution >= 4 is 5.91 Å². The number of carbonyl (C=O) groups excluding carboxylic acids is 1. The number of piperidine rings is 1. The smallest absolute Gasteiger partial charge is 0.229 e. The monoisotopic (exact) mass is 295 g/mol. The minimum Gasteiger partial charge on any atom is -0.322 e. The van der Waals surface area contributed by atoms with Crippen molar-refractivity contribution < 1.29 is 4.79 Å². The van der Waals surface area contributed by atoms with Gasteiger partial charge in [-0.25, -0.2) is 0 Å². The number of hydrogen-bond acceptors (Lipinski definition) is 3. The van der Waals surface area contributed by atoms with Crippen LogP contribution in [0.1, 0.15) is 60.3 Å². The number of rotatable bonds is 4. The third kappa shape index (κ3) is 3.59. The van der Waals surface area contributed by atoms with Crippen LogP contribution in [0.25, 0.3) is 0 Å². The van der Waals surface area contributed by atoms with E-state index in [0.29, 0.717) is 17.9 Å². The fraction of sp³-hybridized carbons (Fsp3) is 0.941. The summed E-state index contributed by atoms with van der Waals surface area (Å²) in [6.45, 7) is 12.9. The number of hydrogen-bond donors (Lipinski definition) is 2. The molecule has 2 fully saturated rings. The first-order valence-corrected chi connectivity index (χ1v) is 8.66. The van der Waals surface area contributed by atoms with Gasteiger partial charge >= 0.3 is 0 Å². The Labute approximate surface area is 130 Å². The molecular weight excluding hydrogens is 262 g/mol. The van der Waals surface area contributed by atoms with Gasteiger partial charge in [-0.1, -0.05) is 26.7 Å². The van der Waals surface area contributed by atoms with E-state index in [0.717, 1.165) is 19.5 Å². The molecule has 4 unspecified atom stereocenters. The molecule has 4 heteroatoms. The SMILES string of the molecule is CCCCC(C)C1NC2CNCCC2C(=O)N1C(C)(C)C. The third-order valence-electron chi connectivity index (χ3n) is 4.97. The van der Waals surface area contributed by atoms with Crippen LogP contribution in [0.15, 0.2) is 0 Å². The number of fused-ring (bicyclic) bond motifs is 1. The first-order chi connectivity index (χ1) is 9.86. The number of nitrogens with one attached hydrogen (secondary N) is 2. The Bertz CT molecular complexity index is 364. The molecule has 0 aromatic heterocycles. The van der Waals surface area contributed by atoms with Crippen molar-refractivity contribution in [2.45, 2.75) is 78.0 Å². The lowest BCUT2D eigenvalue weighted by Crippen LogP contribution is -2.71. The average Bonchev–Trinajstić information content (AvgIpc) is 2.43. The van der Waals surface area contributed by atoms with Gasteiger partial charge in [0.2, 0.25) is 5.91 Å². The molecule has 0 spiro atoms. The Morgan fingerprint density at radius 2 is 2.10 bits per heavy atom. The van der Waals surface area contributed by atoms with Gasteiger partial charge in [-0.05, 0) is 46.1 Å². The number of unbranched alkanes of at least 4 members (excludes halogenated alkanes) is 1. The predicted molar refractivity (Wildman–Crippen MR) is 87.0 cm³/mol. The summed E-state index contributed by atoms with van der Waals surface area (Å²) < 4.78 is 0. The molecule has 2 rings (SSSR count). The van der Waals surface area contributed by atoms with Crippen molar-refractivity contribution in [1.29, 1.82) is 0 Å². The highest BCUT2D eigenvalue weighted by Crippen LogP contribution is 2.32. The molecule has 4 atom stereocenters. The molecule has 2 N–H and O–H groups in total. The highest BCUT2D eigenvalue weighted by Gasteiger charge is 2.47. The van der Waals surface area contributed by atoms with Crippen LogP contribution >= 0.6 is 0 Å². The van der Waals surface area contributed by atoms with Crippen molar-refractivity contribution in [3.8, 4) is 0 Å². The van der Waals surface area contributed by atoms with Crippen LogP contribution in [-0.4, -0.2) is 41.6 Å². The molecule has 0 radical (unpaired) electrons. The van der Waals surface area contributed by atoms with Crippen LogP contribution < -0.4 is 10.6 Å². The molecule has 21 heavy (non-hydrogen) atoms. The van der Waals surface area contributed by atoms with Crippen molar-refractivity contribution in [2.24, 2.45) is 11.8 Å². The second-order valence-electron chi connectivity index (χ2n) is 7.82. The van der Waals surface area contributed by atoms with Crippen molar-refractivity contribution in [2.75, 3.05) is 13.1 Å². The van der Waals surface area contributed by atoms with Gasteiger partial charge in [0.15, 0.2) is 0 Å². The van der Waals surface area contributed by atoms with Crippen LogP contribution in [0.4, 0.5) is 0 Å². The molecule has 2 aliphatic rings. The summed E-state index contributed by atoms with van der Waals surface area (Å²) >= 11 is 0. The number of amides is 1. The normalized spacial score (nSPS) is 32.0. The van der Waals surface area contributed by atoms with Crippen molar-refractivity contribution in [3.05, 3.63) is 0 Å². The molecule has 2 aliphatic heterocycles. The third-order valence-corrected chi connectivity index (χ3v) is 4.97. The summed E-state index contributed by atoms with van der Waals surface area (Å²) in [4.78, 5) is 15.2. The van der Waals surface area contributed by atoms with E-state index < -0.39 is 0 Å². The summed E-state index contributed by atoms with van der Waals surface area (Å²) in [5.41, 5.74) is -0.120. The average molecular weight is 295 g/mol. The Balaban J connectivity index is 2.20. The zero-order valence-corrected chi connectivity index (χ0v) is 14.4. The lowest BCUT2D eigenvalue weighted by Gasteiger charge is -2.53.